The predicted molar refractivity (Wildman–Crippen MR) is 89.4 cm³/mol. The van der Waals surface area contributed by atoms with Crippen molar-refractivity contribution in [3.8, 4) is 0 Å². The number of thiazole rings is 1. The number of nitrogens with one attached hydrogen (secondary N) is 1. The molecule has 1 N–H and O–H groups in total. The van der Waals surface area contributed by atoms with Gasteiger partial charge in [0.1, 0.15) is 10.7 Å². The molecule has 0 unspecified atom stereocenters. The highest BCUT2D eigenvalue weighted by atomic mass is 32.1. The summed E-state index contributed by atoms with van der Waals surface area (Å²) >= 11 is 3.08. The molecule has 0 spiro atoms. The fourth-order valence-electron chi connectivity index (χ4n) is 2.52. The zero-order chi connectivity index (χ0) is 16.0. The van der Waals surface area contributed by atoms with Crippen molar-refractivity contribution in [1.82, 2.24) is 29.3 Å². The molecule has 4 heterocycles. The standard InChI is InChI=1S/C14H14N6OS2/c1-8-11(19-5-6-22-13(19)16-8)12(21)15-4-3-10-7-20-14(17-10)23-9(2)18-20/h5-7H,3-4H2,1-2H3,(H,15,21). The third-order valence-corrected chi connectivity index (χ3v) is 5.11. The van der Waals surface area contributed by atoms with Gasteiger partial charge in [0.05, 0.1) is 17.6 Å². The first-order valence-electron chi connectivity index (χ1n) is 7.14. The summed E-state index contributed by atoms with van der Waals surface area (Å²) in [4.78, 5) is 23.0. The Balaban J connectivity index is 1.44. The van der Waals surface area contributed by atoms with Crippen LogP contribution < -0.4 is 5.32 Å². The third-order valence-electron chi connectivity index (χ3n) is 3.51. The molecular weight excluding hydrogens is 332 g/mol. The highest BCUT2D eigenvalue weighted by Gasteiger charge is 2.17. The maximum atomic E-state index is 12.4. The molecule has 0 radical (unpaired) electrons. The monoisotopic (exact) mass is 346 g/mol. The number of amides is 1. The molecule has 0 atom stereocenters. The van der Waals surface area contributed by atoms with Gasteiger partial charge in [0.15, 0.2) is 4.96 Å². The Morgan fingerprint density at radius 1 is 1.30 bits per heavy atom. The van der Waals surface area contributed by atoms with E-state index in [1.807, 2.05) is 36.0 Å². The van der Waals surface area contributed by atoms with Crippen LogP contribution in [0.15, 0.2) is 17.8 Å². The molecule has 0 aliphatic rings. The summed E-state index contributed by atoms with van der Waals surface area (Å²) < 4.78 is 3.61. The van der Waals surface area contributed by atoms with Crippen LogP contribution in [0, 0.1) is 13.8 Å². The van der Waals surface area contributed by atoms with Gasteiger partial charge < -0.3 is 5.32 Å². The zero-order valence-electron chi connectivity index (χ0n) is 12.6. The zero-order valence-corrected chi connectivity index (χ0v) is 14.2. The van der Waals surface area contributed by atoms with Crippen molar-refractivity contribution in [3.05, 3.63) is 39.9 Å². The quantitative estimate of drug-likeness (QED) is 0.614. The Kier molecular flexibility index (Phi) is 3.38. The Labute approximate surface area is 139 Å². The minimum absolute atomic E-state index is 0.108. The molecule has 9 heteroatoms. The number of aryl methyl sites for hydroxylation is 2. The van der Waals surface area contributed by atoms with Gasteiger partial charge in [0.2, 0.25) is 4.96 Å². The largest absolute Gasteiger partial charge is 0.350 e. The molecule has 0 aliphatic heterocycles. The number of aromatic nitrogens is 5. The topological polar surface area (TPSA) is 76.6 Å². The minimum atomic E-state index is -0.108. The van der Waals surface area contributed by atoms with Gasteiger partial charge in [-0.05, 0) is 13.8 Å². The van der Waals surface area contributed by atoms with E-state index in [4.69, 9.17) is 0 Å². The minimum Gasteiger partial charge on any atom is -0.350 e. The third kappa shape index (κ3) is 2.51. The molecule has 0 bridgehead atoms. The second-order valence-corrected chi connectivity index (χ2v) is 7.22. The molecule has 118 valence electrons. The summed E-state index contributed by atoms with van der Waals surface area (Å²) in [6.07, 6.45) is 4.45. The van der Waals surface area contributed by atoms with Gasteiger partial charge >= 0.3 is 0 Å². The van der Waals surface area contributed by atoms with E-state index in [1.165, 1.54) is 11.3 Å². The van der Waals surface area contributed by atoms with E-state index >= 15 is 0 Å². The van der Waals surface area contributed by atoms with E-state index in [0.29, 0.717) is 18.7 Å². The number of hydrogen-bond donors (Lipinski definition) is 1. The molecule has 0 saturated heterocycles. The summed E-state index contributed by atoms with van der Waals surface area (Å²) in [5.74, 6) is -0.108. The normalized spacial score (nSPS) is 11.6. The van der Waals surface area contributed by atoms with Crippen molar-refractivity contribution in [2.24, 2.45) is 0 Å². The number of rotatable bonds is 4. The second-order valence-electron chi connectivity index (χ2n) is 5.19. The van der Waals surface area contributed by atoms with Gasteiger partial charge in [-0.15, -0.1) is 11.3 Å². The summed E-state index contributed by atoms with van der Waals surface area (Å²) in [7, 11) is 0. The van der Waals surface area contributed by atoms with Crippen LogP contribution in [-0.4, -0.2) is 36.4 Å². The Morgan fingerprint density at radius 3 is 3.00 bits per heavy atom. The van der Waals surface area contributed by atoms with E-state index in [2.05, 4.69) is 20.4 Å². The summed E-state index contributed by atoms with van der Waals surface area (Å²) in [6.45, 7) is 4.34. The lowest BCUT2D eigenvalue weighted by atomic mass is 10.3. The number of carbonyl (C=O) groups is 1. The lowest BCUT2D eigenvalue weighted by Gasteiger charge is -2.04. The second kappa shape index (κ2) is 5.43. The van der Waals surface area contributed by atoms with Crippen LogP contribution in [-0.2, 0) is 6.42 Å². The average Bonchev–Trinajstić information content (AvgIpc) is 3.18. The Morgan fingerprint density at radius 2 is 2.17 bits per heavy atom. The van der Waals surface area contributed by atoms with Gasteiger partial charge in [-0.3, -0.25) is 9.20 Å². The van der Waals surface area contributed by atoms with Crippen LogP contribution in [0.2, 0.25) is 0 Å². The van der Waals surface area contributed by atoms with Crippen molar-refractivity contribution >= 4 is 38.5 Å². The smallest absolute Gasteiger partial charge is 0.270 e. The average molecular weight is 346 g/mol. The maximum Gasteiger partial charge on any atom is 0.270 e. The van der Waals surface area contributed by atoms with Crippen molar-refractivity contribution in [3.63, 3.8) is 0 Å². The number of imidazole rings is 2. The van der Waals surface area contributed by atoms with Crippen LogP contribution in [0.4, 0.5) is 0 Å². The molecule has 0 aliphatic carbocycles. The first kappa shape index (κ1) is 14.3. The van der Waals surface area contributed by atoms with Gasteiger partial charge in [-0.1, -0.05) is 11.3 Å². The number of nitrogens with zero attached hydrogens (tertiary/aromatic N) is 5. The molecule has 7 nitrogen and oxygen atoms in total. The van der Waals surface area contributed by atoms with E-state index < -0.39 is 0 Å². The van der Waals surface area contributed by atoms with Crippen molar-refractivity contribution in [1.29, 1.82) is 0 Å². The van der Waals surface area contributed by atoms with Gasteiger partial charge in [-0.2, -0.15) is 5.10 Å². The first-order chi connectivity index (χ1) is 11.1. The van der Waals surface area contributed by atoms with E-state index in [9.17, 15) is 4.79 Å². The fraction of sp³-hybridized carbons (Fsp3) is 0.286. The van der Waals surface area contributed by atoms with Crippen LogP contribution in [0.1, 0.15) is 26.9 Å². The Hall–Kier alpha value is -2.26. The summed E-state index contributed by atoms with van der Waals surface area (Å²) in [5, 5.41) is 10.2. The van der Waals surface area contributed by atoms with Crippen LogP contribution in [0.5, 0.6) is 0 Å². The molecule has 4 aromatic heterocycles. The number of carbonyl (C=O) groups excluding carboxylic acids is 1. The predicted octanol–water partition coefficient (Wildman–Crippen LogP) is 2.09. The van der Waals surface area contributed by atoms with E-state index in [1.54, 1.807) is 15.9 Å². The molecule has 0 aromatic carbocycles. The molecule has 23 heavy (non-hydrogen) atoms. The highest BCUT2D eigenvalue weighted by molar-refractivity contribution is 7.16. The molecule has 4 rings (SSSR count). The summed E-state index contributed by atoms with van der Waals surface area (Å²) in [6, 6.07) is 0. The van der Waals surface area contributed by atoms with E-state index in [-0.39, 0.29) is 5.91 Å². The lowest BCUT2D eigenvalue weighted by molar-refractivity contribution is 0.0947. The Bertz CT molecular complexity index is 976. The van der Waals surface area contributed by atoms with Crippen molar-refractivity contribution in [2.75, 3.05) is 6.54 Å². The maximum absolute atomic E-state index is 12.4. The number of hydrogen-bond acceptors (Lipinski definition) is 6. The molecular formula is C14H14N6OS2. The molecule has 4 aromatic rings. The SMILES string of the molecule is Cc1nn2cc(CCNC(=O)c3c(C)nc4sccn34)nc2s1. The van der Waals surface area contributed by atoms with E-state index in [0.717, 1.165) is 26.3 Å². The highest BCUT2D eigenvalue weighted by Crippen LogP contribution is 2.17. The molecule has 0 saturated carbocycles. The van der Waals surface area contributed by atoms with Crippen LogP contribution in [0.3, 0.4) is 0 Å². The van der Waals surface area contributed by atoms with Crippen LogP contribution >= 0.6 is 22.7 Å². The van der Waals surface area contributed by atoms with Crippen LogP contribution in [0.25, 0.3) is 9.92 Å². The van der Waals surface area contributed by atoms with Gasteiger partial charge in [0, 0.05) is 24.5 Å². The lowest BCUT2D eigenvalue weighted by Crippen LogP contribution is -2.27. The van der Waals surface area contributed by atoms with Crippen molar-refractivity contribution < 1.29 is 4.79 Å². The van der Waals surface area contributed by atoms with Gasteiger partial charge in [-0.25, -0.2) is 14.5 Å². The number of fused-ring (bicyclic) bond motifs is 2. The van der Waals surface area contributed by atoms with Gasteiger partial charge in [0.25, 0.3) is 5.91 Å². The fourth-order valence-corrected chi connectivity index (χ4v) is 4.02. The molecule has 1 amide bonds. The molecule has 0 fully saturated rings. The summed E-state index contributed by atoms with van der Waals surface area (Å²) in [5.41, 5.74) is 2.27. The first-order valence-corrected chi connectivity index (χ1v) is 8.83. The van der Waals surface area contributed by atoms with Crippen molar-refractivity contribution in [2.45, 2.75) is 20.3 Å².